The molecule has 4 nitrogen and oxygen atoms in total. The van der Waals surface area contributed by atoms with Crippen LogP contribution >= 0.6 is 11.6 Å². The fourth-order valence-corrected chi connectivity index (χ4v) is 1.61. The van der Waals surface area contributed by atoms with Gasteiger partial charge in [-0.3, -0.25) is 0 Å². The molecule has 17 heavy (non-hydrogen) atoms. The molecule has 2 heterocycles. The maximum atomic E-state index is 6.09. The van der Waals surface area contributed by atoms with E-state index in [1.165, 1.54) is 0 Å². The van der Waals surface area contributed by atoms with E-state index in [4.69, 9.17) is 30.5 Å². The molecule has 0 amide bonds. The van der Waals surface area contributed by atoms with E-state index < -0.39 is 0 Å². The summed E-state index contributed by atoms with van der Waals surface area (Å²) < 4.78 is 21.1. The number of hydrogen-bond acceptors (Lipinski definition) is 4. The average molecular weight is 257 g/mol. The molecule has 92 valence electrons. The Hall–Kier alpha value is -0.970. The maximum Gasteiger partial charge on any atom is 0.138 e. The lowest BCUT2D eigenvalue weighted by molar-refractivity contribution is 0.257. The summed E-state index contributed by atoms with van der Waals surface area (Å²) in [5.41, 5.74) is 0. The highest BCUT2D eigenvalue weighted by Crippen LogP contribution is 2.30. The molecule has 2 saturated heterocycles. The second kappa shape index (κ2) is 4.72. The van der Waals surface area contributed by atoms with Gasteiger partial charge in [0.05, 0.1) is 18.2 Å². The van der Waals surface area contributed by atoms with E-state index in [-0.39, 0.29) is 12.2 Å². The summed E-state index contributed by atoms with van der Waals surface area (Å²) in [5, 5.41) is 0.555. The number of epoxide rings is 2. The standard InChI is InChI=1S/C12H13ClO4/c13-11-3-8(14-4-9-5-15-9)1-2-12(11)17-7-10-6-16-10/h1-3,9-10H,4-7H2. The Morgan fingerprint density at radius 1 is 1.12 bits per heavy atom. The number of benzene rings is 1. The van der Waals surface area contributed by atoms with Crippen molar-refractivity contribution in [1.82, 2.24) is 0 Å². The summed E-state index contributed by atoms with van der Waals surface area (Å²) in [6, 6.07) is 5.41. The van der Waals surface area contributed by atoms with Crippen LogP contribution in [0.25, 0.3) is 0 Å². The van der Waals surface area contributed by atoms with Crippen LogP contribution in [0.4, 0.5) is 0 Å². The third-order valence-corrected chi connectivity index (χ3v) is 2.86. The van der Waals surface area contributed by atoms with Gasteiger partial charge in [0.15, 0.2) is 0 Å². The molecule has 2 unspecified atom stereocenters. The van der Waals surface area contributed by atoms with Gasteiger partial charge in [-0.05, 0) is 12.1 Å². The second-order valence-corrected chi connectivity index (χ2v) is 4.53. The molecule has 0 N–H and O–H groups in total. The second-order valence-electron chi connectivity index (χ2n) is 4.12. The molecule has 0 bridgehead atoms. The van der Waals surface area contributed by atoms with E-state index in [0.717, 1.165) is 19.0 Å². The molecule has 2 fully saturated rings. The predicted molar refractivity (Wildman–Crippen MR) is 61.9 cm³/mol. The third-order valence-electron chi connectivity index (χ3n) is 2.57. The van der Waals surface area contributed by atoms with Gasteiger partial charge in [0, 0.05) is 6.07 Å². The van der Waals surface area contributed by atoms with E-state index in [9.17, 15) is 0 Å². The Morgan fingerprint density at radius 2 is 1.76 bits per heavy atom. The van der Waals surface area contributed by atoms with Crippen LogP contribution in [-0.4, -0.2) is 38.6 Å². The van der Waals surface area contributed by atoms with Gasteiger partial charge in [-0.25, -0.2) is 0 Å². The molecule has 0 aromatic heterocycles. The van der Waals surface area contributed by atoms with Crippen LogP contribution in [0, 0.1) is 0 Å². The summed E-state index contributed by atoms with van der Waals surface area (Å²) in [4.78, 5) is 0. The summed E-state index contributed by atoms with van der Waals surface area (Å²) in [5.74, 6) is 1.40. The molecule has 2 aliphatic heterocycles. The minimum atomic E-state index is 0.231. The number of halogens is 1. The molecule has 3 rings (SSSR count). The van der Waals surface area contributed by atoms with Crippen LogP contribution in [0.15, 0.2) is 18.2 Å². The van der Waals surface area contributed by atoms with Crippen LogP contribution in [0.2, 0.25) is 5.02 Å². The van der Waals surface area contributed by atoms with Crippen molar-refractivity contribution in [2.45, 2.75) is 12.2 Å². The Kier molecular flexibility index (Phi) is 3.09. The van der Waals surface area contributed by atoms with Crippen molar-refractivity contribution in [1.29, 1.82) is 0 Å². The van der Waals surface area contributed by atoms with Gasteiger partial charge in [0.1, 0.15) is 36.9 Å². The first kappa shape index (κ1) is 11.1. The van der Waals surface area contributed by atoms with Crippen molar-refractivity contribution in [3.05, 3.63) is 23.2 Å². The van der Waals surface area contributed by atoms with E-state index in [2.05, 4.69) is 0 Å². The Balaban J connectivity index is 1.56. The van der Waals surface area contributed by atoms with Gasteiger partial charge >= 0.3 is 0 Å². The van der Waals surface area contributed by atoms with Crippen molar-refractivity contribution in [2.75, 3.05) is 26.4 Å². The van der Waals surface area contributed by atoms with Gasteiger partial charge in [-0.2, -0.15) is 0 Å². The van der Waals surface area contributed by atoms with Crippen molar-refractivity contribution in [3.63, 3.8) is 0 Å². The van der Waals surface area contributed by atoms with E-state index >= 15 is 0 Å². The van der Waals surface area contributed by atoms with Crippen LogP contribution in [0.5, 0.6) is 11.5 Å². The van der Waals surface area contributed by atoms with Crippen molar-refractivity contribution < 1.29 is 18.9 Å². The molecule has 2 atom stereocenters. The summed E-state index contributed by atoms with van der Waals surface area (Å²) in [6.45, 7) is 2.69. The third kappa shape index (κ3) is 3.25. The van der Waals surface area contributed by atoms with Gasteiger partial charge in [0.25, 0.3) is 0 Å². The summed E-state index contributed by atoms with van der Waals surface area (Å²) >= 11 is 6.09. The normalized spacial score (nSPS) is 25.5. The maximum absolute atomic E-state index is 6.09. The molecule has 0 saturated carbocycles. The Labute approximate surface area is 104 Å². The van der Waals surface area contributed by atoms with Crippen molar-refractivity contribution >= 4 is 11.6 Å². The summed E-state index contributed by atoms with van der Waals surface area (Å²) in [7, 11) is 0. The smallest absolute Gasteiger partial charge is 0.138 e. The van der Waals surface area contributed by atoms with Crippen LogP contribution in [0.3, 0.4) is 0 Å². The zero-order valence-corrected chi connectivity index (χ0v) is 9.98. The van der Waals surface area contributed by atoms with Crippen LogP contribution < -0.4 is 9.47 Å². The highest BCUT2D eigenvalue weighted by molar-refractivity contribution is 6.32. The zero-order chi connectivity index (χ0) is 11.7. The molecule has 1 aromatic carbocycles. The SMILES string of the molecule is Clc1cc(OCC2CO2)ccc1OCC1CO1. The van der Waals surface area contributed by atoms with Gasteiger partial charge < -0.3 is 18.9 Å². The minimum Gasteiger partial charge on any atom is -0.491 e. The van der Waals surface area contributed by atoms with E-state index in [1.807, 2.05) is 12.1 Å². The van der Waals surface area contributed by atoms with Crippen LogP contribution in [0.1, 0.15) is 0 Å². The molecule has 1 aromatic rings. The van der Waals surface area contributed by atoms with Crippen molar-refractivity contribution in [2.24, 2.45) is 0 Å². The first-order valence-electron chi connectivity index (χ1n) is 5.59. The lowest BCUT2D eigenvalue weighted by Crippen LogP contribution is -2.05. The van der Waals surface area contributed by atoms with E-state index in [0.29, 0.717) is 24.0 Å². The molecule has 5 heteroatoms. The van der Waals surface area contributed by atoms with Gasteiger partial charge in [0.2, 0.25) is 0 Å². The fourth-order valence-electron chi connectivity index (χ4n) is 1.39. The molecule has 0 radical (unpaired) electrons. The first-order valence-corrected chi connectivity index (χ1v) is 5.97. The zero-order valence-electron chi connectivity index (χ0n) is 9.23. The quantitative estimate of drug-likeness (QED) is 0.729. The molecular formula is C12H13ClO4. The average Bonchev–Trinajstić information content (AvgIpc) is 3.18. The number of ether oxygens (including phenoxy) is 4. The Morgan fingerprint density at radius 3 is 2.35 bits per heavy atom. The molecule has 0 aliphatic carbocycles. The molecular weight excluding hydrogens is 244 g/mol. The minimum absolute atomic E-state index is 0.231. The lowest BCUT2D eigenvalue weighted by atomic mass is 10.3. The van der Waals surface area contributed by atoms with E-state index in [1.54, 1.807) is 6.07 Å². The van der Waals surface area contributed by atoms with Gasteiger partial charge in [-0.1, -0.05) is 11.6 Å². The Bertz CT molecular complexity index is 401. The topological polar surface area (TPSA) is 43.5 Å². The highest BCUT2D eigenvalue weighted by Gasteiger charge is 2.24. The first-order chi connectivity index (χ1) is 8.31. The fraction of sp³-hybridized carbons (Fsp3) is 0.500. The monoisotopic (exact) mass is 256 g/mol. The highest BCUT2D eigenvalue weighted by atomic mass is 35.5. The molecule has 2 aliphatic rings. The number of hydrogen-bond donors (Lipinski definition) is 0. The van der Waals surface area contributed by atoms with Crippen molar-refractivity contribution in [3.8, 4) is 11.5 Å². The summed E-state index contributed by atoms with van der Waals surface area (Å²) in [6.07, 6.45) is 0.478. The van der Waals surface area contributed by atoms with Crippen LogP contribution in [-0.2, 0) is 9.47 Å². The van der Waals surface area contributed by atoms with Gasteiger partial charge in [-0.15, -0.1) is 0 Å². The number of rotatable bonds is 6. The predicted octanol–water partition coefficient (Wildman–Crippen LogP) is 1.90. The molecule has 0 spiro atoms. The largest absolute Gasteiger partial charge is 0.491 e. The lowest BCUT2D eigenvalue weighted by Gasteiger charge is -2.09.